The molecule has 0 aliphatic heterocycles. The first-order chi connectivity index (χ1) is 9.11. The smallest absolute Gasteiger partial charge is 0.269 e. The van der Waals surface area contributed by atoms with Crippen LogP contribution in [0.15, 0.2) is 24.3 Å². The van der Waals surface area contributed by atoms with Crippen molar-refractivity contribution in [1.29, 1.82) is 0 Å². The van der Waals surface area contributed by atoms with Crippen LogP contribution in [0.2, 0.25) is 0 Å². The van der Waals surface area contributed by atoms with Crippen LogP contribution in [-0.2, 0) is 0 Å². The first-order valence-electron chi connectivity index (χ1n) is 6.65. The highest BCUT2D eigenvalue weighted by Crippen LogP contribution is 2.30. The van der Waals surface area contributed by atoms with Crippen LogP contribution in [0.25, 0.3) is 0 Å². The average Bonchev–Trinajstić information content (AvgIpc) is 3.21. The molecule has 1 saturated carbocycles. The summed E-state index contributed by atoms with van der Waals surface area (Å²) in [4.78, 5) is 24.3. The third kappa shape index (κ3) is 3.53. The molecule has 1 aromatic carbocycles. The largest absolute Gasteiger partial charge is 0.338 e. The predicted octanol–water partition coefficient (Wildman–Crippen LogP) is 2.86. The summed E-state index contributed by atoms with van der Waals surface area (Å²) < 4.78 is 0. The Morgan fingerprint density at radius 2 is 2.00 bits per heavy atom. The second kappa shape index (κ2) is 5.82. The highest BCUT2D eigenvalue weighted by Gasteiger charge is 2.26. The highest BCUT2D eigenvalue weighted by atomic mass is 16.6. The van der Waals surface area contributed by atoms with Crippen LogP contribution in [0.1, 0.15) is 36.5 Å². The minimum Gasteiger partial charge on any atom is -0.338 e. The molecule has 0 heterocycles. The van der Waals surface area contributed by atoms with E-state index in [1.54, 1.807) is 0 Å². The number of hydrogen-bond donors (Lipinski definition) is 0. The zero-order valence-electron chi connectivity index (χ0n) is 11.0. The number of benzene rings is 1. The number of nitrogens with zero attached hydrogens (tertiary/aromatic N) is 2. The number of nitro groups is 1. The summed E-state index contributed by atoms with van der Waals surface area (Å²) in [6.07, 6.45) is 3.33. The molecule has 0 radical (unpaired) electrons. The lowest BCUT2D eigenvalue weighted by molar-refractivity contribution is -0.384. The van der Waals surface area contributed by atoms with Gasteiger partial charge in [-0.1, -0.05) is 6.92 Å². The van der Waals surface area contributed by atoms with Gasteiger partial charge < -0.3 is 4.90 Å². The van der Waals surface area contributed by atoms with E-state index in [2.05, 4.69) is 0 Å². The quantitative estimate of drug-likeness (QED) is 0.585. The molecule has 1 aliphatic rings. The van der Waals surface area contributed by atoms with Crippen molar-refractivity contribution < 1.29 is 9.72 Å². The molecule has 0 aromatic heterocycles. The summed E-state index contributed by atoms with van der Waals surface area (Å²) in [5, 5.41) is 10.6. The van der Waals surface area contributed by atoms with Gasteiger partial charge in [-0.25, -0.2) is 0 Å². The van der Waals surface area contributed by atoms with Crippen LogP contribution in [0.3, 0.4) is 0 Å². The van der Waals surface area contributed by atoms with Gasteiger partial charge in [0, 0.05) is 30.8 Å². The Morgan fingerprint density at radius 1 is 1.37 bits per heavy atom. The third-order valence-corrected chi connectivity index (χ3v) is 3.28. The highest BCUT2D eigenvalue weighted by molar-refractivity contribution is 5.94. The average molecular weight is 262 g/mol. The number of amides is 1. The van der Waals surface area contributed by atoms with Crippen LogP contribution < -0.4 is 0 Å². The Bertz CT molecular complexity index is 466. The maximum absolute atomic E-state index is 12.3. The number of non-ortho nitro benzene ring substituents is 1. The van der Waals surface area contributed by atoms with E-state index in [0.717, 1.165) is 19.5 Å². The predicted molar refractivity (Wildman–Crippen MR) is 72.0 cm³/mol. The summed E-state index contributed by atoms with van der Waals surface area (Å²) in [6, 6.07) is 5.84. The molecular formula is C14H18N2O3. The molecule has 0 spiro atoms. The Hall–Kier alpha value is -1.91. The molecule has 0 atom stereocenters. The van der Waals surface area contributed by atoms with E-state index < -0.39 is 4.92 Å². The molecule has 19 heavy (non-hydrogen) atoms. The van der Waals surface area contributed by atoms with Crippen molar-refractivity contribution >= 4 is 11.6 Å². The van der Waals surface area contributed by atoms with Gasteiger partial charge in [-0.15, -0.1) is 0 Å². The second-order valence-corrected chi connectivity index (χ2v) is 5.00. The topological polar surface area (TPSA) is 63.5 Å². The molecule has 2 rings (SSSR count). The first-order valence-corrected chi connectivity index (χ1v) is 6.65. The van der Waals surface area contributed by atoms with Crippen molar-refractivity contribution in [2.45, 2.75) is 26.2 Å². The Morgan fingerprint density at radius 3 is 2.47 bits per heavy atom. The summed E-state index contributed by atoms with van der Waals surface area (Å²) >= 11 is 0. The fourth-order valence-corrected chi connectivity index (χ4v) is 2.07. The normalized spacial score (nSPS) is 14.2. The second-order valence-electron chi connectivity index (χ2n) is 5.00. The van der Waals surface area contributed by atoms with E-state index in [1.165, 1.54) is 37.1 Å². The fourth-order valence-electron chi connectivity index (χ4n) is 2.07. The van der Waals surface area contributed by atoms with Gasteiger partial charge in [0.05, 0.1) is 4.92 Å². The van der Waals surface area contributed by atoms with Crippen molar-refractivity contribution in [3.05, 3.63) is 39.9 Å². The van der Waals surface area contributed by atoms with Crippen molar-refractivity contribution in [3.63, 3.8) is 0 Å². The molecule has 102 valence electrons. The van der Waals surface area contributed by atoms with Crippen molar-refractivity contribution in [1.82, 2.24) is 4.90 Å². The minimum atomic E-state index is -0.456. The SMILES string of the molecule is CCCN(CC1CC1)C(=O)c1ccc([N+](=O)[O-])cc1. The number of nitro benzene ring substituents is 1. The van der Waals surface area contributed by atoms with E-state index in [0.29, 0.717) is 11.5 Å². The van der Waals surface area contributed by atoms with Gasteiger partial charge in [-0.05, 0) is 37.3 Å². The molecule has 1 aliphatic carbocycles. The van der Waals surface area contributed by atoms with Gasteiger partial charge in [-0.3, -0.25) is 14.9 Å². The third-order valence-electron chi connectivity index (χ3n) is 3.28. The van der Waals surface area contributed by atoms with Crippen LogP contribution >= 0.6 is 0 Å². The summed E-state index contributed by atoms with van der Waals surface area (Å²) in [6.45, 7) is 3.60. The molecule has 1 aromatic rings. The van der Waals surface area contributed by atoms with Crippen LogP contribution in [0.4, 0.5) is 5.69 Å². The summed E-state index contributed by atoms with van der Waals surface area (Å²) in [7, 11) is 0. The molecule has 5 heteroatoms. The molecule has 1 amide bonds. The monoisotopic (exact) mass is 262 g/mol. The number of hydrogen-bond acceptors (Lipinski definition) is 3. The lowest BCUT2D eigenvalue weighted by Crippen LogP contribution is -2.33. The van der Waals surface area contributed by atoms with Gasteiger partial charge in [-0.2, -0.15) is 0 Å². The van der Waals surface area contributed by atoms with Crippen molar-refractivity contribution in [2.75, 3.05) is 13.1 Å². The van der Waals surface area contributed by atoms with Gasteiger partial charge in [0.1, 0.15) is 0 Å². The Balaban J connectivity index is 2.08. The molecule has 1 fully saturated rings. The summed E-state index contributed by atoms with van der Waals surface area (Å²) in [5.41, 5.74) is 0.542. The zero-order chi connectivity index (χ0) is 13.8. The van der Waals surface area contributed by atoms with Crippen LogP contribution in [-0.4, -0.2) is 28.8 Å². The van der Waals surface area contributed by atoms with Crippen LogP contribution in [0.5, 0.6) is 0 Å². The molecule has 0 N–H and O–H groups in total. The minimum absolute atomic E-state index is 0.0146. The van der Waals surface area contributed by atoms with Crippen molar-refractivity contribution in [2.24, 2.45) is 5.92 Å². The van der Waals surface area contributed by atoms with Gasteiger partial charge >= 0.3 is 0 Å². The van der Waals surface area contributed by atoms with Gasteiger partial charge in [0.15, 0.2) is 0 Å². The van der Waals surface area contributed by atoms with Crippen molar-refractivity contribution in [3.8, 4) is 0 Å². The zero-order valence-corrected chi connectivity index (χ0v) is 11.0. The van der Waals surface area contributed by atoms with E-state index in [-0.39, 0.29) is 11.6 Å². The van der Waals surface area contributed by atoms with E-state index in [1.807, 2.05) is 11.8 Å². The maximum Gasteiger partial charge on any atom is 0.269 e. The van der Waals surface area contributed by atoms with Crippen LogP contribution in [0, 0.1) is 16.0 Å². The fraction of sp³-hybridized carbons (Fsp3) is 0.500. The number of rotatable bonds is 6. The van der Waals surface area contributed by atoms with E-state index in [9.17, 15) is 14.9 Å². The lowest BCUT2D eigenvalue weighted by Gasteiger charge is -2.22. The molecule has 5 nitrogen and oxygen atoms in total. The Labute approximate surface area is 112 Å². The number of carbonyl (C=O) groups is 1. The number of carbonyl (C=O) groups excluding carboxylic acids is 1. The lowest BCUT2D eigenvalue weighted by atomic mass is 10.1. The first kappa shape index (κ1) is 13.5. The maximum atomic E-state index is 12.3. The Kier molecular flexibility index (Phi) is 4.14. The molecule has 0 saturated heterocycles. The molecule has 0 unspecified atom stereocenters. The summed E-state index contributed by atoms with van der Waals surface area (Å²) in [5.74, 6) is 0.622. The van der Waals surface area contributed by atoms with Gasteiger partial charge in [0.2, 0.25) is 0 Å². The molecule has 0 bridgehead atoms. The van der Waals surface area contributed by atoms with Gasteiger partial charge in [0.25, 0.3) is 11.6 Å². The van der Waals surface area contributed by atoms with E-state index in [4.69, 9.17) is 0 Å². The standard InChI is InChI=1S/C14H18N2O3/c1-2-9-15(10-11-3-4-11)14(17)12-5-7-13(8-6-12)16(18)19/h5-8,11H,2-4,9-10H2,1H3. The van der Waals surface area contributed by atoms with E-state index >= 15 is 0 Å². The molecular weight excluding hydrogens is 244 g/mol.